The Morgan fingerprint density at radius 3 is 1.89 bits per heavy atom. The maximum atomic E-state index is 13.6. The molecule has 0 fully saturated rings. The summed E-state index contributed by atoms with van der Waals surface area (Å²) in [4.78, 5) is 12.7. The molecule has 0 spiro atoms. The van der Waals surface area contributed by atoms with Gasteiger partial charge in [0.2, 0.25) is 6.08 Å². The molecule has 19 heavy (non-hydrogen) atoms. The van der Waals surface area contributed by atoms with Gasteiger partial charge in [0.25, 0.3) is 0 Å². The fourth-order valence-electron chi connectivity index (χ4n) is 1.33. The summed E-state index contributed by atoms with van der Waals surface area (Å²) >= 11 is 0. The van der Waals surface area contributed by atoms with Crippen molar-refractivity contribution in [2.24, 2.45) is 4.99 Å². The van der Waals surface area contributed by atoms with Crippen LogP contribution in [0.1, 0.15) is 5.56 Å². The second kappa shape index (κ2) is 4.65. The predicted molar refractivity (Wildman–Crippen MR) is 49.1 cm³/mol. The van der Waals surface area contributed by atoms with Crippen molar-refractivity contribution in [1.82, 2.24) is 0 Å². The van der Waals surface area contributed by atoms with E-state index < -0.39 is 29.3 Å². The van der Waals surface area contributed by atoms with Crippen LogP contribution in [0.3, 0.4) is 0 Å². The molecule has 0 bridgehead atoms. The van der Waals surface area contributed by atoms with E-state index in [9.17, 15) is 35.5 Å². The van der Waals surface area contributed by atoms with E-state index >= 15 is 0 Å². The van der Waals surface area contributed by atoms with Crippen molar-refractivity contribution < 1.29 is 35.5 Å². The number of hydrogen-bond acceptors (Lipinski definition) is 2. The summed E-state index contributed by atoms with van der Waals surface area (Å²) in [5, 5.41) is 0. The van der Waals surface area contributed by atoms with Crippen molar-refractivity contribution in [1.29, 1.82) is 0 Å². The number of rotatable bonds is 2. The van der Waals surface area contributed by atoms with Crippen LogP contribution in [-0.4, -0.2) is 18.4 Å². The Labute approximate surface area is 101 Å². The molecule has 2 nitrogen and oxygen atoms in total. The number of hydrogen-bond donors (Lipinski definition) is 0. The predicted octanol–water partition coefficient (Wildman–Crippen LogP) is 3.94. The molecule has 9 heteroatoms. The van der Waals surface area contributed by atoms with Gasteiger partial charge >= 0.3 is 18.0 Å². The number of benzene rings is 1. The summed E-state index contributed by atoms with van der Waals surface area (Å²) in [5.74, 6) is 0. The molecule has 0 amide bonds. The molecule has 1 aromatic rings. The summed E-state index contributed by atoms with van der Waals surface area (Å²) in [7, 11) is 0. The third-order valence-corrected chi connectivity index (χ3v) is 2.20. The zero-order chi connectivity index (χ0) is 14.9. The standard InChI is InChI=1S/C10H4F7NO/c11-8(9(12,13)14,10(15,16)17)6-2-1-3-7(4-6)18-5-19/h1-4H. The van der Waals surface area contributed by atoms with Crippen molar-refractivity contribution >= 4 is 11.8 Å². The molecule has 0 aromatic heterocycles. The lowest BCUT2D eigenvalue weighted by Gasteiger charge is -2.30. The lowest BCUT2D eigenvalue weighted by atomic mass is 9.94. The molecule has 0 atom stereocenters. The number of halogens is 7. The highest BCUT2D eigenvalue weighted by Gasteiger charge is 2.73. The third kappa shape index (κ3) is 2.60. The summed E-state index contributed by atoms with van der Waals surface area (Å²) in [5.41, 5.74) is -7.80. The molecule has 0 radical (unpaired) electrons. The minimum atomic E-state index is -6.20. The van der Waals surface area contributed by atoms with E-state index in [2.05, 4.69) is 4.99 Å². The molecule has 1 rings (SSSR count). The molecule has 0 saturated heterocycles. The molecule has 104 valence electrons. The van der Waals surface area contributed by atoms with E-state index in [-0.39, 0.29) is 6.07 Å². The van der Waals surface area contributed by atoms with E-state index in [1.807, 2.05) is 0 Å². The highest BCUT2D eigenvalue weighted by Crippen LogP contribution is 2.53. The summed E-state index contributed by atoms with van der Waals surface area (Å²) in [6, 6.07) is 2.15. The van der Waals surface area contributed by atoms with E-state index in [4.69, 9.17) is 0 Å². The lowest BCUT2D eigenvalue weighted by molar-refractivity contribution is -0.348. The van der Waals surface area contributed by atoms with Gasteiger partial charge in [-0.15, -0.1) is 0 Å². The number of isocyanates is 1. The molecule has 0 aliphatic rings. The zero-order valence-corrected chi connectivity index (χ0v) is 8.81. The minimum absolute atomic E-state index is 0.186. The molecular formula is C10H4F7NO. The van der Waals surface area contributed by atoms with Crippen LogP contribution in [0.25, 0.3) is 0 Å². The first-order valence-electron chi connectivity index (χ1n) is 4.55. The van der Waals surface area contributed by atoms with E-state index in [0.717, 1.165) is 18.2 Å². The van der Waals surface area contributed by atoms with E-state index in [1.165, 1.54) is 0 Å². The van der Waals surface area contributed by atoms with Crippen molar-refractivity contribution in [3.05, 3.63) is 29.8 Å². The molecule has 0 aliphatic carbocycles. The molecule has 0 unspecified atom stereocenters. The van der Waals surface area contributed by atoms with Crippen LogP contribution in [-0.2, 0) is 10.5 Å². The maximum Gasteiger partial charge on any atom is 0.435 e. The Morgan fingerprint density at radius 1 is 0.947 bits per heavy atom. The number of carbonyl (C=O) groups excluding carboxylic acids is 1. The Bertz CT molecular complexity index is 499. The monoisotopic (exact) mass is 287 g/mol. The summed E-state index contributed by atoms with van der Waals surface area (Å²) in [6.45, 7) is 0. The highest BCUT2D eigenvalue weighted by atomic mass is 19.4. The van der Waals surface area contributed by atoms with Gasteiger partial charge in [-0.2, -0.15) is 31.3 Å². The van der Waals surface area contributed by atoms with E-state index in [1.54, 1.807) is 0 Å². The van der Waals surface area contributed by atoms with Gasteiger partial charge in [0.15, 0.2) is 0 Å². The van der Waals surface area contributed by atoms with Crippen LogP contribution in [0, 0.1) is 0 Å². The Morgan fingerprint density at radius 2 is 1.47 bits per heavy atom. The van der Waals surface area contributed by atoms with Crippen LogP contribution in [0.4, 0.5) is 36.4 Å². The van der Waals surface area contributed by atoms with Gasteiger partial charge in [-0.3, -0.25) is 0 Å². The molecule has 1 aromatic carbocycles. The van der Waals surface area contributed by atoms with Gasteiger partial charge in [-0.1, -0.05) is 12.1 Å². The topological polar surface area (TPSA) is 29.4 Å². The first-order valence-corrected chi connectivity index (χ1v) is 4.55. The average Bonchev–Trinajstić information content (AvgIpc) is 2.25. The van der Waals surface area contributed by atoms with Crippen LogP contribution >= 0.6 is 0 Å². The number of alkyl halides is 7. The Hall–Kier alpha value is -1.89. The molecule has 0 aliphatic heterocycles. The lowest BCUT2D eigenvalue weighted by Crippen LogP contribution is -2.50. The van der Waals surface area contributed by atoms with Crippen LogP contribution in [0.15, 0.2) is 29.3 Å². The van der Waals surface area contributed by atoms with Gasteiger partial charge in [0, 0.05) is 5.56 Å². The summed E-state index contributed by atoms with van der Waals surface area (Å²) in [6.07, 6.45) is -11.5. The normalized spacial score (nSPS) is 13.0. The molecule has 0 N–H and O–H groups in total. The Kier molecular flexibility index (Phi) is 3.72. The van der Waals surface area contributed by atoms with Crippen LogP contribution in [0.2, 0.25) is 0 Å². The van der Waals surface area contributed by atoms with Gasteiger partial charge < -0.3 is 0 Å². The number of aliphatic imine (C=N–C) groups is 1. The smallest absolute Gasteiger partial charge is 0.218 e. The van der Waals surface area contributed by atoms with Gasteiger partial charge in [-0.05, 0) is 12.1 Å². The first-order chi connectivity index (χ1) is 8.54. The van der Waals surface area contributed by atoms with Crippen LogP contribution < -0.4 is 0 Å². The maximum absolute atomic E-state index is 13.6. The number of nitrogens with zero attached hydrogens (tertiary/aromatic N) is 1. The minimum Gasteiger partial charge on any atom is -0.218 e. The fraction of sp³-hybridized carbons (Fsp3) is 0.300. The second-order valence-electron chi connectivity index (χ2n) is 3.41. The second-order valence-corrected chi connectivity index (χ2v) is 3.41. The fourth-order valence-corrected chi connectivity index (χ4v) is 1.33. The van der Waals surface area contributed by atoms with Gasteiger partial charge in [-0.25, -0.2) is 9.18 Å². The largest absolute Gasteiger partial charge is 0.435 e. The van der Waals surface area contributed by atoms with Crippen molar-refractivity contribution in [2.45, 2.75) is 18.0 Å². The quantitative estimate of drug-likeness (QED) is 0.460. The first kappa shape index (κ1) is 15.2. The summed E-state index contributed by atoms with van der Waals surface area (Å²) < 4.78 is 88.0. The van der Waals surface area contributed by atoms with E-state index in [0.29, 0.717) is 6.07 Å². The van der Waals surface area contributed by atoms with Crippen molar-refractivity contribution in [3.8, 4) is 0 Å². The van der Waals surface area contributed by atoms with Gasteiger partial charge in [0.05, 0.1) is 5.69 Å². The molecule has 0 heterocycles. The Balaban J connectivity index is 3.51. The average molecular weight is 287 g/mol. The zero-order valence-electron chi connectivity index (χ0n) is 8.81. The SMILES string of the molecule is O=C=Nc1cccc(C(F)(C(F)(F)F)C(F)(F)F)c1. The third-order valence-electron chi connectivity index (χ3n) is 2.20. The molecular weight excluding hydrogens is 283 g/mol. The van der Waals surface area contributed by atoms with Crippen molar-refractivity contribution in [2.75, 3.05) is 0 Å². The molecule has 0 saturated carbocycles. The van der Waals surface area contributed by atoms with Gasteiger partial charge in [0.1, 0.15) is 0 Å². The van der Waals surface area contributed by atoms with Crippen LogP contribution in [0.5, 0.6) is 0 Å². The van der Waals surface area contributed by atoms with Crippen molar-refractivity contribution in [3.63, 3.8) is 0 Å². The highest BCUT2D eigenvalue weighted by molar-refractivity contribution is 5.51.